The van der Waals surface area contributed by atoms with Crippen molar-refractivity contribution in [2.75, 3.05) is 13.1 Å². The molecule has 3 aromatic heterocycles. The lowest BCUT2D eigenvalue weighted by atomic mass is 10.1. The second-order valence-electron chi connectivity index (χ2n) is 6.29. The summed E-state index contributed by atoms with van der Waals surface area (Å²) in [6.07, 6.45) is 6.19. The Morgan fingerprint density at radius 3 is 2.73 bits per heavy atom. The van der Waals surface area contributed by atoms with E-state index in [4.69, 9.17) is 5.26 Å². The number of nitriles is 1. The standard InChI is InChI=1S/C19H16FN5O/c20-15-9-13(11-22-16(15)10-21)17-5-4-6-18-14(12-23-25(17)18)19(26)24-7-2-1-3-8-24/h4-6,9,11-12H,1-3,7-8H2. The summed E-state index contributed by atoms with van der Waals surface area (Å²) in [5.41, 5.74) is 2.06. The van der Waals surface area contributed by atoms with Gasteiger partial charge < -0.3 is 4.90 Å². The Labute approximate surface area is 149 Å². The maximum Gasteiger partial charge on any atom is 0.257 e. The minimum atomic E-state index is -0.682. The Balaban J connectivity index is 1.77. The molecule has 0 aliphatic carbocycles. The molecule has 1 aliphatic heterocycles. The minimum absolute atomic E-state index is 0.0269. The van der Waals surface area contributed by atoms with Gasteiger partial charge in [0.15, 0.2) is 11.5 Å². The number of hydrogen-bond donors (Lipinski definition) is 0. The van der Waals surface area contributed by atoms with E-state index in [-0.39, 0.29) is 11.6 Å². The van der Waals surface area contributed by atoms with Crippen LogP contribution in [0.3, 0.4) is 0 Å². The van der Waals surface area contributed by atoms with Gasteiger partial charge in [0.05, 0.1) is 23.0 Å². The number of amides is 1. The van der Waals surface area contributed by atoms with E-state index in [9.17, 15) is 9.18 Å². The van der Waals surface area contributed by atoms with Crippen LogP contribution in [0.1, 0.15) is 35.3 Å². The molecule has 0 spiro atoms. The average molecular weight is 349 g/mol. The van der Waals surface area contributed by atoms with Crippen molar-refractivity contribution in [1.29, 1.82) is 5.26 Å². The highest BCUT2D eigenvalue weighted by molar-refractivity contribution is 6.01. The molecule has 1 amide bonds. The van der Waals surface area contributed by atoms with Crippen molar-refractivity contribution in [1.82, 2.24) is 19.5 Å². The Bertz CT molecular complexity index is 1030. The molecule has 6 nitrogen and oxygen atoms in total. The lowest BCUT2D eigenvalue weighted by molar-refractivity contribution is 0.0726. The summed E-state index contributed by atoms with van der Waals surface area (Å²) in [6, 6.07) is 8.36. The summed E-state index contributed by atoms with van der Waals surface area (Å²) in [4.78, 5) is 18.5. The average Bonchev–Trinajstić information content (AvgIpc) is 3.12. The van der Waals surface area contributed by atoms with Crippen LogP contribution in [-0.2, 0) is 0 Å². The zero-order valence-corrected chi connectivity index (χ0v) is 14.0. The van der Waals surface area contributed by atoms with Gasteiger partial charge in [0.1, 0.15) is 6.07 Å². The summed E-state index contributed by atoms with van der Waals surface area (Å²) < 4.78 is 15.5. The molecule has 0 aromatic carbocycles. The highest BCUT2D eigenvalue weighted by atomic mass is 19.1. The largest absolute Gasteiger partial charge is 0.339 e. The molecule has 4 rings (SSSR count). The van der Waals surface area contributed by atoms with Gasteiger partial charge in [0, 0.05) is 24.8 Å². The van der Waals surface area contributed by atoms with E-state index in [1.807, 2.05) is 11.0 Å². The molecule has 1 saturated heterocycles. The van der Waals surface area contributed by atoms with Crippen LogP contribution in [0.15, 0.2) is 36.7 Å². The Hall–Kier alpha value is -3.27. The Morgan fingerprint density at radius 2 is 2.00 bits per heavy atom. The molecule has 1 aliphatic rings. The fourth-order valence-corrected chi connectivity index (χ4v) is 3.32. The molecule has 0 N–H and O–H groups in total. The van der Waals surface area contributed by atoms with Gasteiger partial charge in [-0.1, -0.05) is 6.07 Å². The van der Waals surface area contributed by atoms with Crippen LogP contribution in [0.25, 0.3) is 16.8 Å². The van der Waals surface area contributed by atoms with Crippen LogP contribution < -0.4 is 0 Å². The molecule has 130 valence electrons. The molecule has 0 radical (unpaired) electrons. The number of aromatic nitrogens is 3. The van der Waals surface area contributed by atoms with Crippen LogP contribution >= 0.6 is 0 Å². The van der Waals surface area contributed by atoms with Crippen molar-refractivity contribution < 1.29 is 9.18 Å². The first-order valence-electron chi connectivity index (χ1n) is 8.51. The van der Waals surface area contributed by atoms with E-state index in [2.05, 4.69) is 10.1 Å². The first-order chi connectivity index (χ1) is 12.7. The van der Waals surface area contributed by atoms with Crippen LogP contribution in [0, 0.1) is 17.1 Å². The molecule has 4 heterocycles. The number of carbonyl (C=O) groups is 1. The SMILES string of the molecule is N#Cc1ncc(-c2cccc3c(C(=O)N4CCCCC4)cnn23)cc1F. The monoisotopic (exact) mass is 349 g/mol. The fourth-order valence-electron chi connectivity index (χ4n) is 3.32. The zero-order chi connectivity index (χ0) is 18.1. The topological polar surface area (TPSA) is 74.3 Å². The van der Waals surface area contributed by atoms with E-state index < -0.39 is 5.82 Å². The van der Waals surface area contributed by atoms with E-state index in [0.717, 1.165) is 32.4 Å². The number of hydrogen-bond acceptors (Lipinski definition) is 4. The second kappa shape index (κ2) is 6.56. The third kappa shape index (κ3) is 2.69. The van der Waals surface area contributed by atoms with Gasteiger partial charge in [-0.15, -0.1) is 0 Å². The van der Waals surface area contributed by atoms with E-state index in [0.29, 0.717) is 22.3 Å². The molecule has 1 fully saturated rings. The summed E-state index contributed by atoms with van der Waals surface area (Å²) in [7, 11) is 0. The van der Waals surface area contributed by atoms with Gasteiger partial charge >= 0.3 is 0 Å². The van der Waals surface area contributed by atoms with Crippen LogP contribution in [-0.4, -0.2) is 38.5 Å². The second-order valence-corrected chi connectivity index (χ2v) is 6.29. The van der Waals surface area contributed by atoms with Crippen LogP contribution in [0.5, 0.6) is 0 Å². The van der Waals surface area contributed by atoms with Crippen LogP contribution in [0.2, 0.25) is 0 Å². The van der Waals surface area contributed by atoms with Crippen molar-refractivity contribution in [3.63, 3.8) is 0 Å². The van der Waals surface area contributed by atoms with Crippen LogP contribution in [0.4, 0.5) is 4.39 Å². The molecule has 0 saturated carbocycles. The summed E-state index contributed by atoms with van der Waals surface area (Å²) >= 11 is 0. The third-order valence-electron chi connectivity index (χ3n) is 4.66. The Morgan fingerprint density at radius 1 is 1.19 bits per heavy atom. The molecule has 0 bridgehead atoms. The van der Waals surface area contributed by atoms with Crippen molar-refractivity contribution in [3.05, 3.63) is 53.7 Å². The minimum Gasteiger partial charge on any atom is -0.339 e. The highest BCUT2D eigenvalue weighted by Crippen LogP contribution is 2.24. The number of likely N-dealkylation sites (tertiary alicyclic amines) is 1. The molecule has 3 aromatic rings. The van der Waals surface area contributed by atoms with E-state index >= 15 is 0 Å². The first kappa shape index (κ1) is 16.2. The fraction of sp³-hybridized carbons (Fsp3) is 0.263. The maximum absolute atomic E-state index is 13.9. The number of pyridine rings is 2. The van der Waals surface area contributed by atoms with Crippen molar-refractivity contribution >= 4 is 11.4 Å². The molecule has 7 heteroatoms. The van der Waals surface area contributed by atoms with E-state index in [1.165, 1.54) is 12.3 Å². The van der Waals surface area contributed by atoms with Gasteiger partial charge in [-0.25, -0.2) is 13.9 Å². The number of piperidine rings is 1. The van der Waals surface area contributed by atoms with Gasteiger partial charge in [-0.2, -0.15) is 10.4 Å². The third-order valence-corrected chi connectivity index (χ3v) is 4.66. The molecular weight excluding hydrogens is 333 g/mol. The predicted molar refractivity (Wildman–Crippen MR) is 92.9 cm³/mol. The van der Waals surface area contributed by atoms with E-state index in [1.54, 1.807) is 28.9 Å². The van der Waals surface area contributed by atoms with Crippen molar-refractivity contribution in [2.45, 2.75) is 19.3 Å². The number of nitrogens with zero attached hydrogens (tertiary/aromatic N) is 5. The molecule has 26 heavy (non-hydrogen) atoms. The normalized spacial score (nSPS) is 14.4. The lowest BCUT2D eigenvalue weighted by Crippen LogP contribution is -2.35. The quantitative estimate of drug-likeness (QED) is 0.713. The molecule has 0 unspecified atom stereocenters. The highest BCUT2D eigenvalue weighted by Gasteiger charge is 2.22. The maximum atomic E-state index is 13.9. The number of rotatable bonds is 2. The number of fused-ring (bicyclic) bond motifs is 1. The first-order valence-corrected chi connectivity index (χ1v) is 8.51. The summed E-state index contributed by atoms with van der Waals surface area (Å²) in [6.45, 7) is 1.53. The van der Waals surface area contributed by atoms with Crippen molar-refractivity contribution in [3.8, 4) is 17.3 Å². The summed E-state index contributed by atoms with van der Waals surface area (Å²) in [5, 5.41) is 13.2. The summed E-state index contributed by atoms with van der Waals surface area (Å²) in [5.74, 6) is -0.709. The predicted octanol–water partition coefficient (Wildman–Crippen LogP) is 3.03. The smallest absolute Gasteiger partial charge is 0.257 e. The lowest BCUT2D eigenvalue weighted by Gasteiger charge is -2.26. The molecular formula is C19H16FN5O. The van der Waals surface area contributed by atoms with Gasteiger partial charge in [-0.05, 0) is 37.5 Å². The molecule has 0 atom stereocenters. The van der Waals surface area contributed by atoms with Gasteiger partial charge in [0.2, 0.25) is 0 Å². The van der Waals surface area contributed by atoms with Gasteiger partial charge in [-0.3, -0.25) is 4.79 Å². The zero-order valence-electron chi connectivity index (χ0n) is 14.0. The Kier molecular flexibility index (Phi) is 4.09. The number of carbonyl (C=O) groups excluding carboxylic acids is 1. The van der Waals surface area contributed by atoms with Gasteiger partial charge in [0.25, 0.3) is 5.91 Å². The number of halogens is 1. The van der Waals surface area contributed by atoms with Crippen molar-refractivity contribution in [2.24, 2.45) is 0 Å².